The first-order chi connectivity index (χ1) is 8.99. The lowest BCUT2D eigenvalue weighted by Crippen LogP contribution is -2.01. The van der Waals surface area contributed by atoms with E-state index in [1.165, 1.54) is 23.3 Å². The van der Waals surface area contributed by atoms with Gasteiger partial charge in [0, 0.05) is 5.56 Å². The predicted octanol–water partition coefficient (Wildman–Crippen LogP) is 5.10. The first-order valence-corrected chi connectivity index (χ1v) is 6.57. The highest BCUT2D eigenvalue weighted by Gasteiger charge is 2.16. The molecule has 3 heteroatoms. The summed E-state index contributed by atoms with van der Waals surface area (Å²) in [5.41, 5.74) is 3.60. The molecule has 0 aliphatic rings. The van der Waals surface area contributed by atoms with Crippen LogP contribution in [0.5, 0.6) is 0 Å². The van der Waals surface area contributed by atoms with E-state index in [9.17, 15) is 8.78 Å². The first kappa shape index (κ1) is 14.0. The van der Waals surface area contributed by atoms with Gasteiger partial charge in [0.2, 0.25) is 0 Å². The summed E-state index contributed by atoms with van der Waals surface area (Å²) >= 11 is 6.20. The quantitative estimate of drug-likeness (QED) is 0.686. The number of hydrogen-bond acceptors (Lipinski definition) is 0. The summed E-state index contributed by atoms with van der Waals surface area (Å²) in [5, 5.41) is -0.571. The molecule has 0 saturated heterocycles. The highest BCUT2D eigenvalue weighted by Crippen LogP contribution is 2.28. The molecule has 19 heavy (non-hydrogen) atoms. The SMILES string of the molecule is Cc1ccc(CC(Cl)c2cccc(F)c2F)cc1C. The van der Waals surface area contributed by atoms with Crippen molar-refractivity contribution in [1.29, 1.82) is 0 Å². The molecule has 1 unspecified atom stereocenters. The molecule has 100 valence electrons. The second-order valence-electron chi connectivity index (χ2n) is 4.73. The van der Waals surface area contributed by atoms with Gasteiger partial charge in [0.1, 0.15) is 0 Å². The first-order valence-electron chi connectivity index (χ1n) is 6.13. The summed E-state index contributed by atoms with van der Waals surface area (Å²) < 4.78 is 26.8. The van der Waals surface area contributed by atoms with Crippen LogP contribution in [-0.4, -0.2) is 0 Å². The summed E-state index contributed by atoms with van der Waals surface area (Å²) in [5.74, 6) is -1.71. The van der Waals surface area contributed by atoms with Crippen molar-refractivity contribution < 1.29 is 8.78 Å². The lowest BCUT2D eigenvalue weighted by molar-refractivity contribution is 0.497. The minimum Gasteiger partial charge on any atom is -0.204 e. The summed E-state index contributed by atoms with van der Waals surface area (Å²) in [4.78, 5) is 0. The monoisotopic (exact) mass is 280 g/mol. The van der Waals surface area contributed by atoms with Crippen LogP contribution in [0.2, 0.25) is 0 Å². The standard InChI is InChI=1S/C16H15ClF2/c1-10-6-7-12(8-11(10)2)9-14(17)13-4-3-5-15(18)16(13)19/h3-8,14H,9H2,1-2H3. The minimum atomic E-state index is -0.858. The van der Waals surface area contributed by atoms with Crippen LogP contribution in [0, 0.1) is 25.5 Å². The van der Waals surface area contributed by atoms with Crippen molar-refractivity contribution in [3.63, 3.8) is 0 Å². The summed E-state index contributed by atoms with van der Waals surface area (Å²) in [6, 6.07) is 10.1. The normalized spacial score (nSPS) is 12.5. The number of aryl methyl sites for hydroxylation is 2. The molecule has 1 atom stereocenters. The molecule has 2 aromatic carbocycles. The largest absolute Gasteiger partial charge is 0.204 e. The third-order valence-electron chi connectivity index (χ3n) is 3.31. The molecular formula is C16H15ClF2. The molecule has 0 radical (unpaired) electrons. The van der Waals surface area contributed by atoms with Crippen LogP contribution < -0.4 is 0 Å². The Morgan fingerprint density at radius 3 is 2.47 bits per heavy atom. The molecule has 0 aliphatic heterocycles. The minimum absolute atomic E-state index is 0.208. The van der Waals surface area contributed by atoms with Crippen LogP contribution in [0.15, 0.2) is 36.4 Å². The number of hydrogen-bond donors (Lipinski definition) is 0. The van der Waals surface area contributed by atoms with Crippen LogP contribution in [0.25, 0.3) is 0 Å². The fourth-order valence-corrected chi connectivity index (χ4v) is 2.36. The molecule has 0 heterocycles. The van der Waals surface area contributed by atoms with E-state index in [2.05, 4.69) is 0 Å². The van der Waals surface area contributed by atoms with E-state index in [0.717, 1.165) is 11.6 Å². The molecule has 0 bridgehead atoms. The number of halogens is 3. The van der Waals surface area contributed by atoms with E-state index in [1.807, 2.05) is 32.0 Å². The van der Waals surface area contributed by atoms with Gasteiger partial charge in [0.05, 0.1) is 5.38 Å². The van der Waals surface area contributed by atoms with Crippen molar-refractivity contribution in [2.45, 2.75) is 25.6 Å². The van der Waals surface area contributed by atoms with Crippen molar-refractivity contribution in [2.24, 2.45) is 0 Å². The number of benzene rings is 2. The molecule has 2 aromatic rings. The maximum atomic E-state index is 13.6. The van der Waals surface area contributed by atoms with Gasteiger partial charge in [0.25, 0.3) is 0 Å². The Balaban J connectivity index is 2.23. The van der Waals surface area contributed by atoms with Gasteiger partial charge in [0.15, 0.2) is 11.6 Å². The summed E-state index contributed by atoms with van der Waals surface area (Å²) in [7, 11) is 0. The highest BCUT2D eigenvalue weighted by atomic mass is 35.5. The second-order valence-corrected chi connectivity index (χ2v) is 5.26. The van der Waals surface area contributed by atoms with Gasteiger partial charge in [-0.3, -0.25) is 0 Å². The zero-order chi connectivity index (χ0) is 14.0. The Morgan fingerprint density at radius 1 is 1.05 bits per heavy atom. The highest BCUT2D eigenvalue weighted by molar-refractivity contribution is 6.20. The van der Waals surface area contributed by atoms with Gasteiger partial charge in [-0.25, -0.2) is 8.78 Å². The fraction of sp³-hybridized carbons (Fsp3) is 0.250. The molecule has 0 spiro atoms. The lowest BCUT2D eigenvalue weighted by Gasteiger charge is -2.12. The Kier molecular flexibility index (Phi) is 4.20. The molecule has 0 aromatic heterocycles. The van der Waals surface area contributed by atoms with E-state index in [-0.39, 0.29) is 5.56 Å². The average Bonchev–Trinajstić information content (AvgIpc) is 2.37. The zero-order valence-electron chi connectivity index (χ0n) is 10.9. The van der Waals surface area contributed by atoms with Gasteiger partial charge >= 0.3 is 0 Å². The van der Waals surface area contributed by atoms with Gasteiger partial charge in [-0.2, -0.15) is 0 Å². The Bertz CT molecular complexity index is 593. The van der Waals surface area contributed by atoms with Gasteiger partial charge in [-0.05, 0) is 43.0 Å². The number of alkyl halides is 1. The smallest absolute Gasteiger partial charge is 0.163 e. The van der Waals surface area contributed by atoms with E-state index in [4.69, 9.17) is 11.6 Å². The second kappa shape index (κ2) is 5.70. The maximum Gasteiger partial charge on any atom is 0.163 e. The van der Waals surface area contributed by atoms with Crippen molar-refractivity contribution in [3.05, 3.63) is 70.3 Å². The fourth-order valence-electron chi connectivity index (χ4n) is 2.01. The van der Waals surface area contributed by atoms with Crippen LogP contribution in [0.4, 0.5) is 8.78 Å². The van der Waals surface area contributed by atoms with Crippen LogP contribution >= 0.6 is 11.6 Å². The third kappa shape index (κ3) is 3.13. The maximum absolute atomic E-state index is 13.6. The predicted molar refractivity (Wildman–Crippen MR) is 74.6 cm³/mol. The topological polar surface area (TPSA) is 0 Å². The van der Waals surface area contributed by atoms with Crippen LogP contribution in [-0.2, 0) is 6.42 Å². The molecule has 0 saturated carbocycles. The molecule has 0 amide bonds. The molecule has 0 fully saturated rings. The lowest BCUT2D eigenvalue weighted by atomic mass is 10.00. The van der Waals surface area contributed by atoms with Gasteiger partial charge < -0.3 is 0 Å². The molecule has 0 N–H and O–H groups in total. The molecule has 2 rings (SSSR count). The van der Waals surface area contributed by atoms with Crippen LogP contribution in [0.1, 0.15) is 27.6 Å². The third-order valence-corrected chi connectivity index (χ3v) is 3.69. The Morgan fingerprint density at radius 2 is 1.79 bits per heavy atom. The van der Waals surface area contributed by atoms with Gasteiger partial charge in [-0.1, -0.05) is 30.3 Å². The Labute approximate surface area is 117 Å². The van der Waals surface area contributed by atoms with Crippen LogP contribution in [0.3, 0.4) is 0 Å². The molecule has 0 aliphatic carbocycles. The van der Waals surface area contributed by atoms with Crippen molar-refractivity contribution in [2.75, 3.05) is 0 Å². The van der Waals surface area contributed by atoms with Gasteiger partial charge in [-0.15, -0.1) is 11.6 Å². The molecule has 0 nitrogen and oxygen atoms in total. The Hall–Kier alpha value is -1.41. The zero-order valence-corrected chi connectivity index (χ0v) is 11.6. The van der Waals surface area contributed by atoms with E-state index >= 15 is 0 Å². The molecular weight excluding hydrogens is 266 g/mol. The van der Waals surface area contributed by atoms with E-state index in [1.54, 1.807) is 0 Å². The summed E-state index contributed by atoms with van der Waals surface area (Å²) in [6.07, 6.45) is 0.475. The van der Waals surface area contributed by atoms with Crippen molar-refractivity contribution in [3.8, 4) is 0 Å². The average molecular weight is 281 g/mol. The van der Waals surface area contributed by atoms with E-state index in [0.29, 0.717) is 6.42 Å². The van der Waals surface area contributed by atoms with Crippen molar-refractivity contribution >= 4 is 11.6 Å². The van der Waals surface area contributed by atoms with E-state index < -0.39 is 17.0 Å². The number of rotatable bonds is 3. The summed E-state index contributed by atoms with van der Waals surface area (Å²) in [6.45, 7) is 4.05. The van der Waals surface area contributed by atoms with Crippen molar-refractivity contribution in [1.82, 2.24) is 0 Å².